The summed E-state index contributed by atoms with van der Waals surface area (Å²) in [6.45, 7) is 4.12. The monoisotopic (exact) mass is 350 g/mol. The molecule has 0 unspecified atom stereocenters. The van der Waals surface area contributed by atoms with Gasteiger partial charge in [0.25, 0.3) is 5.91 Å². The molecule has 122 valence electrons. The Morgan fingerprint density at radius 2 is 2.26 bits per heavy atom. The van der Waals surface area contributed by atoms with Gasteiger partial charge in [0.05, 0.1) is 16.7 Å². The number of thiazole rings is 1. The number of rotatable bonds is 4. The number of carbonyl (C=O) groups excluding carboxylic acids is 2. The predicted octanol–water partition coefficient (Wildman–Crippen LogP) is 3.34. The Morgan fingerprint density at radius 3 is 2.91 bits per heavy atom. The van der Waals surface area contributed by atoms with Gasteiger partial charge in [-0.2, -0.15) is 0 Å². The standard InChI is InChI=1S/C16H18N2O3S2/c1-10-15(23-11(2)17-10)16(20)21-9-14(19)18-7-3-5-12(18)13-6-4-8-22-13/h4,6,8,12H,3,5,7,9H2,1-2H3/t12-/m1/s1. The van der Waals surface area contributed by atoms with E-state index in [0.717, 1.165) is 24.4 Å². The van der Waals surface area contributed by atoms with Crippen molar-refractivity contribution in [3.05, 3.63) is 38.0 Å². The third kappa shape index (κ3) is 3.45. The molecule has 5 nitrogen and oxygen atoms in total. The minimum atomic E-state index is -0.465. The maximum absolute atomic E-state index is 12.4. The van der Waals surface area contributed by atoms with Crippen LogP contribution < -0.4 is 0 Å². The van der Waals surface area contributed by atoms with Gasteiger partial charge in [-0.05, 0) is 38.1 Å². The molecule has 3 rings (SSSR count). The molecule has 1 aliphatic heterocycles. The van der Waals surface area contributed by atoms with Crippen LogP contribution in [0, 0.1) is 13.8 Å². The minimum absolute atomic E-state index is 0.119. The highest BCUT2D eigenvalue weighted by molar-refractivity contribution is 7.13. The maximum atomic E-state index is 12.4. The van der Waals surface area contributed by atoms with E-state index < -0.39 is 5.97 Å². The number of amides is 1. The fourth-order valence-electron chi connectivity index (χ4n) is 2.84. The van der Waals surface area contributed by atoms with Gasteiger partial charge in [0.1, 0.15) is 4.88 Å². The highest BCUT2D eigenvalue weighted by atomic mass is 32.1. The second kappa shape index (κ2) is 6.80. The molecular formula is C16H18N2O3S2. The zero-order chi connectivity index (χ0) is 16.4. The second-order valence-electron chi connectivity index (χ2n) is 5.48. The molecule has 0 aliphatic carbocycles. The van der Waals surface area contributed by atoms with E-state index in [9.17, 15) is 9.59 Å². The normalized spacial score (nSPS) is 17.5. The van der Waals surface area contributed by atoms with Gasteiger partial charge in [-0.1, -0.05) is 6.07 Å². The number of hydrogen-bond acceptors (Lipinski definition) is 6. The average Bonchev–Trinajstić information content (AvgIpc) is 3.23. The molecule has 1 atom stereocenters. The molecular weight excluding hydrogens is 332 g/mol. The van der Waals surface area contributed by atoms with Crippen LogP contribution in [-0.2, 0) is 9.53 Å². The molecule has 1 saturated heterocycles. The minimum Gasteiger partial charge on any atom is -0.451 e. The van der Waals surface area contributed by atoms with Crippen LogP contribution in [0.3, 0.4) is 0 Å². The molecule has 0 bridgehead atoms. The number of aromatic nitrogens is 1. The summed E-state index contributed by atoms with van der Waals surface area (Å²) in [6, 6.07) is 4.17. The number of hydrogen-bond donors (Lipinski definition) is 0. The van der Waals surface area contributed by atoms with Gasteiger partial charge in [-0.3, -0.25) is 4.79 Å². The van der Waals surface area contributed by atoms with E-state index in [0.29, 0.717) is 10.6 Å². The fourth-order valence-corrected chi connectivity index (χ4v) is 4.53. The topological polar surface area (TPSA) is 59.5 Å². The Hall–Kier alpha value is -1.73. The second-order valence-corrected chi connectivity index (χ2v) is 7.67. The Bertz CT molecular complexity index is 709. The van der Waals surface area contributed by atoms with Crippen LogP contribution in [0.15, 0.2) is 17.5 Å². The molecule has 2 aromatic heterocycles. The first kappa shape index (κ1) is 16.1. The lowest BCUT2D eigenvalue weighted by Gasteiger charge is -2.23. The van der Waals surface area contributed by atoms with E-state index in [4.69, 9.17) is 4.74 Å². The van der Waals surface area contributed by atoms with Crippen molar-refractivity contribution in [3.8, 4) is 0 Å². The number of nitrogens with zero attached hydrogens (tertiary/aromatic N) is 2. The third-order valence-electron chi connectivity index (χ3n) is 3.86. The molecule has 0 saturated carbocycles. The first-order valence-electron chi connectivity index (χ1n) is 7.50. The van der Waals surface area contributed by atoms with Crippen molar-refractivity contribution in [2.75, 3.05) is 13.2 Å². The Kier molecular flexibility index (Phi) is 4.77. The summed E-state index contributed by atoms with van der Waals surface area (Å²) in [6.07, 6.45) is 1.95. The third-order valence-corrected chi connectivity index (χ3v) is 5.89. The van der Waals surface area contributed by atoms with Gasteiger partial charge < -0.3 is 9.64 Å². The summed E-state index contributed by atoms with van der Waals surface area (Å²) in [7, 11) is 0. The summed E-state index contributed by atoms with van der Waals surface area (Å²) in [5.41, 5.74) is 0.655. The average molecular weight is 350 g/mol. The van der Waals surface area contributed by atoms with E-state index in [1.807, 2.05) is 23.3 Å². The zero-order valence-electron chi connectivity index (χ0n) is 13.1. The van der Waals surface area contributed by atoms with E-state index in [-0.39, 0.29) is 18.6 Å². The van der Waals surface area contributed by atoms with Crippen LogP contribution in [0.25, 0.3) is 0 Å². The molecule has 2 aromatic rings. The number of likely N-dealkylation sites (tertiary alicyclic amines) is 1. The molecule has 0 aromatic carbocycles. The molecule has 23 heavy (non-hydrogen) atoms. The van der Waals surface area contributed by atoms with Gasteiger partial charge in [0, 0.05) is 11.4 Å². The maximum Gasteiger partial charge on any atom is 0.350 e. The smallest absolute Gasteiger partial charge is 0.350 e. The quantitative estimate of drug-likeness (QED) is 0.794. The van der Waals surface area contributed by atoms with Crippen LogP contribution in [0.2, 0.25) is 0 Å². The first-order chi connectivity index (χ1) is 11.1. The van der Waals surface area contributed by atoms with Crippen LogP contribution in [0.5, 0.6) is 0 Å². The van der Waals surface area contributed by atoms with E-state index in [2.05, 4.69) is 11.1 Å². The molecule has 0 N–H and O–H groups in total. The van der Waals surface area contributed by atoms with Gasteiger partial charge >= 0.3 is 5.97 Å². The van der Waals surface area contributed by atoms with E-state index in [1.165, 1.54) is 16.2 Å². The highest BCUT2D eigenvalue weighted by Crippen LogP contribution is 2.34. The lowest BCUT2D eigenvalue weighted by Crippen LogP contribution is -2.34. The van der Waals surface area contributed by atoms with Crippen molar-refractivity contribution in [2.45, 2.75) is 32.7 Å². The molecule has 7 heteroatoms. The Morgan fingerprint density at radius 1 is 1.43 bits per heavy atom. The van der Waals surface area contributed by atoms with Gasteiger partial charge in [-0.25, -0.2) is 9.78 Å². The van der Waals surface area contributed by atoms with Crippen molar-refractivity contribution in [1.82, 2.24) is 9.88 Å². The largest absolute Gasteiger partial charge is 0.451 e. The number of ether oxygens (including phenoxy) is 1. The van der Waals surface area contributed by atoms with Crippen molar-refractivity contribution >= 4 is 34.6 Å². The SMILES string of the molecule is Cc1nc(C)c(C(=O)OCC(=O)N2CCC[C@@H]2c2cccs2)s1. The fraction of sp³-hybridized carbons (Fsp3) is 0.438. The first-order valence-corrected chi connectivity index (χ1v) is 9.20. The Labute approximate surface area is 142 Å². The zero-order valence-corrected chi connectivity index (χ0v) is 14.7. The number of carbonyl (C=O) groups is 2. The van der Waals surface area contributed by atoms with E-state index >= 15 is 0 Å². The molecule has 1 aliphatic rings. The van der Waals surface area contributed by atoms with Gasteiger partial charge in [0.15, 0.2) is 6.61 Å². The molecule has 0 spiro atoms. The van der Waals surface area contributed by atoms with Crippen LogP contribution in [0.4, 0.5) is 0 Å². The van der Waals surface area contributed by atoms with Gasteiger partial charge in [-0.15, -0.1) is 22.7 Å². The van der Waals surface area contributed by atoms with Crippen LogP contribution in [-0.4, -0.2) is 34.9 Å². The molecule has 1 amide bonds. The van der Waals surface area contributed by atoms with Crippen molar-refractivity contribution in [1.29, 1.82) is 0 Å². The molecule has 3 heterocycles. The Balaban J connectivity index is 1.61. The lowest BCUT2D eigenvalue weighted by atomic mass is 10.2. The van der Waals surface area contributed by atoms with Crippen LogP contribution in [0.1, 0.15) is 44.1 Å². The van der Waals surface area contributed by atoms with Crippen molar-refractivity contribution in [3.63, 3.8) is 0 Å². The lowest BCUT2D eigenvalue weighted by molar-refractivity contribution is -0.135. The molecule has 0 radical (unpaired) electrons. The summed E-state index contributed by atoms with van der Waals surface area (Å²) in [5.74, 6) is -0.596. The predicted molar refractivity (Wildman–Crippen MR) is 89.9 cm³/mol. The van der Waals surface area contributed by atoms with Crippen molar-refractivity contribution in [2.24, 2.45) is 0 Å². The summed E-state index contributed by atoms with van der Waals surface area (Å²) >= 11 is 2.96. The van der Waals surface area contributed by atoms with Crippen molar-refractivity contribution < 1.29 is 14.3 Å². The summed E-state index contributed by atoms with van der Waals surface area (Å²) in [5, 5.41) is 2.84. The van der Waals surface area contributed by atoms with Crippen LogP contribution >= 0.6 is 22.7 Å². The van der Waals surface area contributed by atoms with E-state index in [1.54, 1.807) is 18.3 Å². The molecule has 1 fully saturated rings. The number of aryl methyl sites for hydroxylation is 2. The highest BCUT2D eigenvalue weighted by Gasteiger charge is 2.31. The summed E-state index contributed by atoms with van der Waals surface area (Å²) < 4.78 is 5.21. The van der Waals surface area contributed by atoms with Gasteiger partial charge in [0.2, 0.25) is 0 Å². The number of thiophene rings is 1. The summed E-state index contributed by atoms with van der Waals surface area (Å²) in [4.78, 5) is 32.2. The number of esters is 1.